The molecule has 2 amide bonds. The minimum atomic E-state index is -5.20. The molecule has 11 heteroatoms. The maximum atomic E-state index is 14.2. The molecule has 1 unspecified atom stereocenters. The van der Waals surface area contributed by atoms with Crippen molar-refractivity contribution in [3.63, 3.8) is 0 Å². The second kappa shape index (κ2) is 13.6. The van der Waals surface area contributed by atoms with Gasteiger partial charge >= 0.3 is 6.18 Å². The average Bonchev–Trinajstić information content (AvgIpc) is 2.91. The molecule has 1 atom stereocenters. The molecule has 0 aliphatic carbocycles. The quantitative estimate of drug-likeness (QED) is 0.293. The maximum absolute atomic E-state index is 14.2. The van der Waals surface area contributed by atoms with E-state index in [0.29, 0.717) is 30.0 Å². The molecule has 1 heterocycles. The summed E-state index contributed by atoms with van der Waals surface area (Å²) in [6.45, 7) is 4.47. The lowest BCUT2D eigenvalue weighted by Crippen LogP contribution is -2.57. The molecule has 0 saturated carbocycles. The zero-order valence-electron chi connectivity index (χ0n) is 23.0. The Morgan fingerprint density at radius 1 is 1.12 bits per heavy atom. The number of halogens is 4. The first-order valence-corrected chi connectivity index (χ1v) is 13.9. The van der Waals surface area contributed by atoms with Gasteiger partial charge in [0.15, 0.2) is 0 Å². The minimum absolute atomic E-state index is 0.151. The van der Waals surface area contributed by atoms with Crippen LogP contribution >= 0.6 is 11.6 Å². The van der Waals surface area contributed by atoms with E-state index in [1.807, 2.05) is 0 Å². The van der Waals surface area contributed by atoms with Gasteiger partial charge in [-0.15, -0.1) is 0 Å². The summed E-state index contributed by atoms with van der Waals surface area (Å²) in [6, 6.07) is 10.2. The van der Waals surface area contributed by atoms with Crippen molar-refractivity contribution in [1.29, 1.82) is 0 Å². The number of alkyl halides is 3. The summed E-state index contributed by atoms with van der Waals surface area (Å²) in [5.41, 5.74) is -2.99. The van der Waals surface area contributed by atoms with Gasteiger partial charge < -0.3 is 25.4 Å². The second-order valence-electron chi connectivity index (χ2n) is 10.3. The van der Waals surface area contributed by atoms with Gasteiger partial charge in [0.25, 0.3) is 17.4 Å². The van der Waals surface area contributed by atoms with Gasteiger partial charge in [0.05, 0.1) is 16.7 Å². The Hall–Kier alpha value is -2.98. The fourth-order valence-corrected chi connectivity index (χ4v) is 5.13. The largest absolute Gasteiger partial charge is 0.491 e. The summed E-state index contributed by atoms with van der Waals surface area (Å²) in [4.78, 5) is 26.0. The topological polar surface area (TPSA) is 90.9 Å². The molecule has 0 spiro atoms. The van der Waals surface area contributed by atoms with E-state index in [2.05, 4.69) is 10.6 Å². The highest BCUT2D eigenvalue weighted by atomic mass is 35.5. The molecule has 7 nitrogen and oxygen atoms in total. The molecule has 1 aliphatic rings. The summed E-state index contributed by atoms with van der Waals surface area (Å²) < 4.78 is 47.9. The molecule has 1 saturated heterocycles. The van der Waals surface area contributed by atoms with Crippen molar-refractivity contribution in [1.82, 2.24) is 10.2 Å². The molecule has 0 radical (unpaired) electrons. The van der Waals surface area contributed by atoms with Crippen LogP contribution in [-0.2, 0) is 10.4 Å². The zero-order chi connectivity index (χ0) is 29.5. The van der Waals surface area contributed by atoms with Crippen molar-refractivity contribution in [2.75, 3.05) is 32.0 Å². The highest BCUT2D eigenvalue weighted by Crippen LogP contribution is 2.42. The third-order valence-corrected chi connectivity index (χ3v) is 7.37. The summed E-state index contributed by atoms with van der Waals surface area (Å²) >= 11 is 6.18. The van der Waals surface area contributed by atoms with Crippen LogP contribution in [-0.4, -0.2) is 60.8 Å². The van der Waals surface area contributed by atoms with Crippen molar-refractivity contribution in [3.05, 3.63) is 58.6 Å². The predicted octanol–water partition coefficient (Wildman–Crippen LogP) is 5.76. The van der Waals surface area contributed by atoms with E-state index in [0.717, 1.165) is 42.0 Å². The molecular formula is C29H37ClF3N3O4. The number of likely N-dealkylation sites (tertiary alicyclic amines) is 1. The van der Waals surface area contributed by atoms with Gasteiger partial charge in [-0.3, -0.25) is 9.59 Å². The van der Waals surface area contributed by atoms with E-state index in [1.54, 1.807) is 39.1 Å². The summed E-state index contributed by atoms with van der Waals surface area (Å²) in [6.07, 6.45) is -1.67. The number of unbranched alkanes of at least 4 members (excludes halogenated alkanes) is 1. The van der Waals surface area contributed by atoms with Crippen LogP contribution in [0, 0.1) is 5.92 Å². The molecule has 2 aromatic carbocycles. The smallest absolute Gasteiger partial charge is 0.430 e. The van der Waals surface area contributed by atoms with Crippen LogP contribution in [0.5, 0.6) is 5.75 Å². The van der Waals surface area contributed by atoms with E-state index in [1.165, 1.54) is 12.1 Å². The van der Waals surface area contributed by atoms with Crippen molar-refractivity contribution in [2.45, 2.75) is 63.8 Å². The minimum Gasteiger partial charge on any atom is -0.491 e. The molecule has 1 fully saturated rings. The van der Waals surface area contributed by atoms with Gasteiger partial charge in [-0.05, 0) is 69.4 Å². The van der Waals surface area contributed by atoms with Gasteiger partial charge in [0.1, 0.15) is 5.75 Å². The highest BCUT2D eigenvalue weighted by Gasteiger charge is 2.62. The summed E-state index contributed by atoms with van der Waals surface area (Å²) in [5, 5.41) is 17.0. The van der Waals surface area contributed by atoms with Gasteiger partial charge in [-0.2, -0.15) is 13.2 Å². The number of nitrogens with one attached hydrogen (secondary N) is 2. The number of aliphatic hydroxyl groups is 1. The van der Waals surface area contributed by atoms with Crippen LogP contribution < -0.4 is 15.4 Å². The number of nitrogens with zero attached hydrogens (tertiary/aromatic N) is 1. The number of anilines is 1. The standard InChI is InChI=1S/C29H37ClF3N3O4/c1-19(2)40-23-9-6-8-21(17-23)28(39,29(31,32)33)27(38)36-15-12-20(13-16-36)7-4-5-14-35-22-10-11-24(25(30)18-22)26(37)34-3/h6,8-11,17-20,35,39H,4-5,7,12-16H2,1-3H3,(H,34,37). The monoisotopic (exact) mass is 583 g/mol. The van der Waals surface area contributed by atoms with Crippen LogP contribution in [0.3, 0.4) is 0 Å². The Balaban J connectivity index is 1.50. The second-order valence-corrected chi connectivity index (χ2v) is 10.7. The molecule has 3 rings (SSSR count). The van der Waals surface area contributed by atoms with Crippen molar-refractivity contribution < 1.29 is 32.6 Å². The lowest BCUT2D eigenvalue weighted by atomic mass is 9.87. The van der Waals surface area contributed by atoms with Crippen LogP contribution in [0.1, 0.15) is 61.9 Å². The molecule has 3 N–H and O–H groups in total. The molecule has 1 aliphatic heterocycles. The number of carbonyl (C=O) groups excluding carboxylic acids is 2. The normalized spacial score (nSPS) is 16.0. The molecular weight excluding hydrogens is 547 g/mol. The number of piperidine rings is 1. The van der Waals surface area contributed by atoms with Crippen LogP contribution in [0.15, 0.2) is 42.5 Å². The van der Waals surface area contributed by atoms with Crippen molar-refractivity contribution in [3.8, 4) is 5.75 Å². The number of benzene rings is 2. The first kappa shape index (κ1) is 31.5. The number of hydrogen-bond donors (Lipinski definition) is 3. The van der Waals surface area contributed by atoms with Gasteiger partial charge in [-0.25, -0.2) is 0 Å². The van der Waals surface area contributed by atoms with E-state index < -0.39 is 23.2 Å². The Labute approximate surface area is 238 Å². The zero-order valence-corrected chi connectivity index (χ0v) is 23.7. The van der Waals surface area contributed by atoms with E-state index in [-0.39, 0.29) is 36.8 Å². The summed E-state index contributed by atoms with van der Waals surface area (Å²) in [7, 11) is 1.54. The maximum Gasteiger partial charge on any atom is 0.430 e. The molecule has 0 aromatic heterocycles. The first-order chi connectivity index (χ1) is 18.9. The third kappa shape index (κ3) is 7.60. The lowest BCUT2D eigenvalue weighted by Gasteiger charge is -2.38. The third-order valence-electron chi connectivity index (χ3n) is 7.05. The predicted molar refractivity (Wildman–Crippen MR) is 149 cm³/mol. The van der Waals surface area contributed by atoms with E-state index in [9.17, 15) is 27.9 Å². The van der Waals surface area contributed by atoms with Crippen LogP contribution in [0.2, 0.25) is 5.02 Å². The molecule has 2 aromatic rings. The van der Waals surface area contributed by atoms with Gasteiger partial charge in [0.2, 0.25) is 0 Å². The average molecular weight is 584 g/mol. The highest BCUT2D eigenvalue weighted by molar-refractivity contribution is 6.34. The Kier molecular flexibility index (Phi) is 10.7. The molecule has 220 valence electrons. The number of ether oxygens (including phenoxy) is 1. The lowest BCUT2D eigenvalue weighted by molar-refractivity contribution is -0.262. The van der Waals surface area contributed by atoms with Gasteiger partial charge in [0, 0.05) is 37.9 Å². The Bertz CT molecular complexity index is 1170. The number of carbonyl (C=O) groups is 2. The van der Waals surface area contributed by atoms with Gasteiger partial charge in [-0.1, -0.05) is 36.6 Å². The van der Waals surface area contributed by atoms with E-state index in [4.69, 9.17) is 16.3 Å². The SMILES string of the molecule is CNC(=O)c1ccc(NCCCCC2CCN(C(=O)C(O)(c3cccc(OC(C)C)c3)C(F)(F)F)CC2)cc1Cl. The molecule has 40 heavy (non-hydrogen) atoms. The van der Waals surface area contributed by atoms with Crippen LogP contribution in [0.4, 0.5) is 18.9 Å². The van der Waals surface area contributed by atoms with Crippen LogP contribution in [0.25, 0.3) is 0 Å². The number of amides is 2. The van der Waals surface area contributed by atoms with E-state index >= 15 is 0 Å². The molecule has 0 bridgehead atoms. The fraction of sp³-hybridized carbons (Fsp3) is 0.517. The van der Waals surface area contributed by atoms with Crippen molar-refractivity contribution >= 4 is 29.1 Å². The number of hydrogen-bond acceptors (Lipinski definition) is 5. The Morgan fingerprint density at radius 3 is 2.42 bits per heavy atom. The summed E-state index contributed by atoms with van der Waals surface area (Å²) in [5.74, 6) is -1.17. The first-order valence-electron chi connectivity index (χ1n) is 13.5. The Morgan fingerprint density at radius 2 is 1.82 bits per heavy atom. The fourth-order valence-electron chi connectivity index (χ4n) is 4.86. The number of rotatable bonds is 11. The van der Waals surface area contributed by atoms with Crippen molar-refractivity contribution in [2.24, 2.45) is 5.92 Å².